The molecule has 1 N–H and O–H groups in total. The normalized spacial score (nSPS) is 10.7. The lowest BCUT2D eigenvalue weighted by Crippen LogP contribution is -2.18. The summed E-state index contributed by atoms with van der Waals surface area (Å²) in [7, 11) is 3.89. The van der Waals surface area contributed by atoms with E-state index in [2.05, 4.69) is 15.3 Å². The molecule has 0 saturated heterocycles. The number of aromatic nitrogens is 2. The van der Waals surface area contributed by atoms with Gasteiger partial charge in [-0.15, -0.1) is 11.3 Å². The molecule has 0 aliphatic carbocycles. The molecule has 0 radical (unpaired) electrons. The summed E-state index contributed by atoms with van der Waals surface area (Å²) in [6, 6.07) is 1.95. The number of rotatable bonds is 5. The van der Waals surface area contributed by atoms with Crippen molar-refractivity contribution in [2.24, 2.45) is 0 Å². The van der Waals surface area contributed by atoms with Crippen LogP contribution in [0.15, 0.2) is 17.8 Å². The van der Waals surface area contributed by atoms with Gasteiger partial charge in [-0.3, -0.25) is 0 Å². The molecule has 0 unspecified atom stereocenters. The fraction of sp³-hybridized carbons (Fsp3) is 0.385. The van der Waals surface area contributed by atoms with Crippen molar-refractivity contribution in [2.45, 2.75) is 20.0 Å². The average Bonchev–Trinajstić information content (AvgIpc) is 2.75. The lowest BCUT2D eigenvalue weighted by molar-refractivity contribution is 0.810. The van der Waals surface area contributed by atoms with Crippen molar-refractivity contribution in [3.8, 4) is 0 Å². The van der Waals surface area contributed by atoms with Crippen LogP contribution in [-0.2, 0) is 13.1 Å². The molecule has 0 aliphatic rings. The number of hydrogen-bond acceptors (Lipinski definition) is 5. The number of pyridine rings is 1. The summed E-state index contributed by atoms with van der Waals surface area (Å²) in [5, 5.41) is 3.76. The van der Waals surface area contributed by atoms with Gasteiger partial charge in [-0.25, -0.2) is 9.97 Å². The minimum absolute atomic E-state index is 0.678. The number of halogens is 1. The van der Waals surface area contributed by atoms with Crippen LogP contribution in [0.5, 0.6) is 0 Å². The second-order valence-corrected chi connectivity index (χ2v) is 5.74. The molecule has 19 heavy (non-hydrogen) atoms. The first-order valence-corrected chi connectivity index (χ1v) is 7.26. The lowest BCUT2D eigenvalue weighted by atomic mass is 10.2. The van der Waals surface area contributed by atoms with E-state index in [-0.39, 0.29) is 0 Å². The zero-order valence-corrected chi connectivity index (χ0v) is 12.8. The quantitative estimate of drug-likeness (QED) is 0.921. The van der Waals surface area contributed by atoms with Gasteiger partial charge in [-0.2, -0.15) is 0 Å². The number of anilines is 1. The van der Waals surface area contributed by atoms with Crippen LogP contribution in [0.1, 0.15) is 16.1 Å². The van der Waals surface area contributed by atoms with E-state index in [1.165, 1.54) is 4.88 Å². The van der Waals surface area contributed by atoms with Crippen LogP contribution in [0.25, 0.3) is 0 Å². The Hall–Kier alpha value is -1.17. The molecule has 0 saturated carbocycles. The van der Waals surface area contributed by atoms with Crippen molar-refractivity contribution in [3.05, 3.63) is 38.9 Å². The fourth-order valence-corrected chi connectivity index (χ4v) is 2.98. The smallest absolute Gasteiger partial charge is 0.147 e. The summed E-state index contributed by atoms with van der Waals surface area (Å²) in [6.07, 6.45) is 1.85. The predicted octanol–water partition coefficient (Wildman–Crippen LogP) is 2.86. The molecule has 2 aromatic heterocycles. The van der Waals surface area contributed by atoms with Crippen LogP contribution in [0.3, 0.4) is 0 Å². The van der Waals surface area contributed by atoms with E-state index in [1.807, 2.05) is 43.7 Å². The Morgan fingerprint density at radius 3 is 2.79 bits per heavy atom. The third-order valence-corrected chi connectivity index (χ3v) is 4.04. The van der Waals surface area contributed by atoms with Crippen LogP contribution < -0.4 is 10.2 Å². The minimum atomic E-state index is 0.678. The topological polar surface area (TPSA) is 41.1 Å². The number of nitrogens with zero attached hydrogens (tertiary/aromatic N) is 3. The van der Waals surface area contributed by atoms with Crippen molar-refractivity contribution in [3.63, 3.8) is 0 Å². The second kappa shape index (κ2) is 6.32. The zero-order valence-electron chi connectivity index (χ0n) is 11.3. The molecule has 4 nitrogen and oxygen atoms in total. The third kappa shape index (κ3) is 3.43. The fourth-order valence-electron chi connectivity index (χ4n) is 1.82. The Morgan fingerprint density at radius 1 is 1.42 bits per heavy atom. The highest BCUT2D eigenvalue weighted by Gasteiger charge is 2.11. The number of thiazole rings is 1. The van der Waals surface area contributed by atoms with Crippen molar-refractivity contribution in [1.82, 2.24) is 15.3 Å². The molecule has 0 aliphatic heterocycles. The molecule has 0 fully saturated rings. The highest BCUT2D eigenvalue weighted by molar-refractivity contribution is 7.09. The van der Waals surface area contributed by atoms with E-state index < -0.39 is 0 Å². The van der Waals surface area contributed by atoms with Crippen LogP contribution in [0.2, 0.25) is 5.02 Å². The van der Waals surface area contributed by atoms with Crippen LogP contribution in [0.4, 0.5) is 5.82 Å². The van der Waals surface area contributed by atoms with Gasteiger partial charge in [-0.05, 0) is 25.6 Å². The Kier molecular flexibility index (Phi) is 4.74. The van der Waals surface area contributed by atoms with E-state index in [4.69, 9.17) is 11.6 Å². The third-order valence-electron chi connectivity index (χ3n) is 2.85. The summed E-state index contributed by atoms with van der Waals surface area (Å²) >= 11 is 7.95. The summed E-state index contributed by atoms with van der Waals surface area (Å²) < 4.78 is 0. The Morgan fingerprint density at radius 2 is 2.21 bits per heavy atom. The number of nitrogens with one attached hydrogen (secondary N) is 1. The molecule has 2 rings (SSSR count). The number of aryl methyl sites for hydroxylation is 1. The van der Waals surface area contributed by atoms with Gasteiger partial charge in [0.15, 0.2) is 0 Å². The number of hydrogen-bond donors (Lipinski definition) is 1. The predicted molar refractivity (Wildman–Crippen MR) is 81.0 cm³/mol. The van der Waals surface area contributed by atoms with Crippen molar-refractivity contribution in [2.75, 3.05) is 19.0 Å². The van der Waals surface area contributed by atoms with Crippen LogP contribution in [-0.4, -0.2) is 24.1 Å². The van der Waals surface area contributed by atoms with Crippen molar-refractivity contribution < 1.29 is 0 Å². The van der Waals surface area contributed by atoms with Gasteiger partial charge in [0.1, 0.15) is 5.82 Å². The molecule has 102 valence electrons. The maximum absolute atomic E-state index is 6.30. The Bertz CT molecular complexity index is 555. The molecule has 0 amide bonds. The summed E-state index contributed by atoms with van der Waals surface area (Å²) in [4.78, 5) is 12.0. The molecular formula is C13H17ClN4S. The van der Waals surface area contributed by atoms with Crippen molar-refractivity contribution in [1.29, 1.82) is 0 Å². The van der Waals surface area contributed by atoms with Gasteiger partial charge < -0.3 is 10.2 Å². The molecule has 0 bridgehead atoms. The molecule has 0 atom stereocenters. The lowest BCUT2D eigenvalue weighted by Gasteiger charge is -2.19. The van der Waals surface area contributed by atoms with Crippen LogP contribution >= 0.6 is 22.9 Å². The van der Waals surface area contributed by atoms with Crippen molar-refractivity contribution >= 4 is 28.8 Å². The SMILES string of the molecule is CNCc1cnc(N(C)Cc2scnc2C)c(Cl)c1. The van der Waals surface area contributed by atoms with Gasteiger partial charge in [0.05, 0.1) is 22.8 Å². The second-order valence-electron chi connectivity index (χ2n) is 4.40. The maximum atomic E-state index is 6.30. The molecule has 0 spiro atoms. The highest BCUT2D eigenvalue weighted by atomic mass is 35.5. The zero-order chi connectivity index (χ0) is 13.8. The first-order valence-electron chi connectivity index (χ1n) is 6.01. The van der Waals surface area contributed by atoms with Gasteiger partial charge in [0, 0.05) is 24.7 Å². The average molecular weight is 297 g/mol. The van der Waals surface area contributed by atoms with Gasteiger partial charge in [0.25, 0.3) is 0 Å². The summed E-state index contributed by atoms with van der Waals surface area (Å²) in [6.45, 7) is 3.56. The molecule has 0 aromatic carbocycles. The van der Waals surface area contributed by atoms with Gasteiger partial charge >= 0.3 is 0 Å². The first-order chi connectivity index (χ1) is 9.11. The van der Waals surface area contributed by atoms with E-state index in [1.54, 1.807) is 11.3 Å². The van der Waals surface area contributed by atoms with E-state index in [0.717, 1.165) is 30.2 Å². The first kappa shape index (κ1) is 14.2. The monoisotopic (exact) mass is 296 g/mol. The van der Waals surface area contributed by atoms with E-state index in [0.29, 0.717) is 5.02 Å². The Balaban J connectivity index is 2.15. The standard InChI is InChI=1S/C13H17ClN4S/c1-9-12(19-8-17-9)7-18(3)13-11(14)4-10(5-15-2)6-16-13/h4,6,8,15H,5,7H2,1-3H3. The summed E-state index contributed by atoms with van der Waals surface area (Å²) in [5.74, 6) is 0.800. The molecule has 2 aromatic rings. The molecular weight excluding hydrogens is 280 g/mol. The molecule has 2 heterocycles. The minimum Gasteiger partial charge on any atom is -0.353 e. The Labute approximate surface area is 122 Å². The van der Waals surface area contributed by atoms with Crippen LogP contribution in [0, 0.1) is 6.92 Å². The summed E-state index contributed by atoms with van der Waals surface area (Å²) in [5.41, 5.74) is 4.02. The largest absolute Gasteiger partial charge is 0.353 e. The van der Waals surface area contributed by atoms with Gasteiger partial charge in [-0.1, -0.05) is 11.6 Å². The van der Waals surface area contributed by atoms with Gasteiger partial charge in [0.2, 0.25) is 0 Å². The van der Waals surface area contributed by atoms with E-state index >= 15 is 0 Å². The molecule has 6 heteroatoms. The maximum Gasteiger partial charge on any atom is 0.147 e. The van der Waals surface area contributed by atoms with E-state index in [9.17, 15) is 0 Å². The highest BCUT2D eigenvalue weighted by Crippen LogP contribution is 2.25.